The van der Waals surface area contributed by atoms with Crippen molar-refractivity contribution in [2.75, 3.05) is 13.1 Å². The molecule has 104 valence electrons. The Morgan fingerprint density at radius 3 is 2.68 bits per heavy atom. The smallest absolute Gasteiger partial charge is 0.308 e. The summed E-state index contributed by atoms with van der Waals surface area (Å²) in [5.41, 5.74) is 0.884. The molecule has 1 saturated heterocycles. The summed E-state index contributed by atoms with van der Waals surface area (Å²) >= 11 is 7.42. The molecule has 1 amide bonds. The van der Waals surface area contributed by atoms with Gasteiger partial charge in [0.05, 0.1) is 10.9 Å². The Morgan fingerprint density at radius 2 is 2.16 bits per heavy atom. The standard InChI is InChI=1S/C13H16ClNO3S/c1-7-3-9(13(17)18)5-15(4-7)12(16)11-10(14)8(2)6-19-11/h6-7,9H,3-5H2,1-2H3,(H,17,18). The predicted octanol–water partition coefficient (Wildman–Crippen LogP) is 2.89. The molecule has 0 saturated carbocycles. The number of likely N-dealkylation sites (tertiary alicyclic amines) is 1. The highest BCUT2D eigenvalue weighted by molar-refractivity contribution is 7.13. The monoisotopic (exact) mass is 301 g/mol. The average Bonchev–Trinajstić information content (AvgIpc) is 2.68. The number of carboxylic acid groups (broad SMARTS) is 1. The molecule has 1 aliphatic rings. The van der Waals surface area contributed by atoms with Crippen LogP contribution in [0.15, 0.2) is 5.38 Å². The van der Waals surface area contributed by atoms with Crippen LogP contribution in [0, 0.1) is 18.8 Å². The molecule has 1 N–H and O–H groups in total. The lowest BCUT2D eigenvalue weighted by Gasteiger charge is -2.34. The normalized spacial score (nSPS) is 23.4. The van der Waals surface area contributed by atoms with Crippen molar-refractivity contribution in [2.24, 2.45) is 11.8 Å². The Bertz CT molecular complexity index is 514. The molecule has 0 radical (unpaired) electrons. The number of nitrogens with zero attached hydrogens (tertiary/aromatic N) is 1. The molecule has 1 aromatic heterocycles. The summed E-state index contributed by atoms with van der Waals surface area (Å²) in [7, 11) is 0. The van der Waals surface area contributed by atoms with Crippen LogP contribution in [-0.2, 0) is 4.79 Å². The van der Waals surface area contributed by atoms with Gasteiger partial charge in [-0.15, -0.1) is 11.3 Å². The van der Waals surface area contributed by atoms with E-state index in [4.69, 9.17) is 16.7 Å². The molecular formula is C13H16ClNO3S. The Labute approximate surface area is 121 Å². The van der Waals surface area contributed by atoms with Crippen molar-refractivity contribution in [2.45, 2.75) is 20.3 Å². The van der Waals surface area contributed by atoms with Crippen molar-refractivity contribution < 1.29 is 14.7 Å². The zero-order valence-electron chi connectivity index (χ0n) is 10.9. The number of carbonyl (C=O) groups excluding carboxylic acids is 1. The topological polar surface area (TPSA) is 57.6 Å². The van der Waals surface area contributed by atoms with Gasteiger partial charge in [-0.3, -0.25) is 9.59 Å². The van der Waals surface area contributed by atoms with E-state index < -0.39 is 11.9 Å². The van der Waals surface area contributed by atoms with Crippen LogP contribution >= 0.6 is 22.9 Å². The van der Waals surface area contributed by atoms with E-state index in [2.05, 4.69) is 0 Å². The summed E-state index contributed by atoms with van der Waals surface area (Å²) in [4.78, 5) is 25.6. The maximum Gasteiger partial charge on any atom is 0.308 e. The van der Waals surface area contributed by atoms with E-state index in [1.165, 1.54) is 11.3 Å². The molecule has 0 spiro atoms. The van der Waals surface area contributed by atoms with Crippen LogP contribution < -0.4 is 0 Å². The van der Waals surface area contributed by atoms with Gasteiger partial charge in [-0.25, -0.2) is 0 Å². The number of hydrogen-bond donors (Lipinski definition) is 1. The lowest BCUT2D eigenvalue weighted by atomic mass is 9.90. The van der Waals surface area contributed by atoms with Gasteiger partial charge in [0.1, 0.15) is 4.88 Å². The molecular weight excluding hydrogens is 286 g/mol. The molecule has 19 heavy (non-hydrogen) atoms. The summed E-state index contributed by atoms with van der Waals surface area (Å²) in [6.45, 7) is 4.69. The highest BCUT2D eigenvalue weighted by Gasteiger charge is 2.33. The highest BCUT2D eigenvalue weighted by atomic mass is 35.5. The lowest BCUT2D eigenvalue weighted by molar-refractivity contribution is -0.143. The molecule has 0 bridgehead atoms. The van der Waals surface area contributed by atoms with Crippen molar-refractivity contribution in [1.82, 2.24) is 4.90 Å². The lowest BCUT2D eigenvalue weighted by Crippen LogP contribution is -2.45. The van der Waals surface area contributed by atoms with Gasteiger partial charge < -0.3 is 10.0 Å². The quantitative estimate of drug-likeness (QED) is 0.914. The zero-order chi connectivity index (χ0) is 14.2. The van der Waals surface area contributed by atoms with Gasteiger partial charge in [-0.2, -0.15) is 0 Å². The molecule has 6 heteroatoms. The average molecular weight is 302 g/mol. The maximum absolute atomic E-state index is 12.4. The van der Waals surface area contributed by atoms with Crippen LogP contribution in [0.4, 0.5) is 0 Å². The third-order valence-electron chi connectivity index (χ3n) is 3.39. The number of hydrogen-bond acceptors (Lipinski definition) is 3. The largest absolute Gasteiger partial charge is 0.481 e. The number of amides is 1. The molecule has 1 aromatic rings. The zero-order valence-corrected chi connectivity index (χ0v) is 12.4. The number of aliphatic carboxylic acids is 1. The Hall–Kier alpha value is -1.07. The third-order valence-corrected chi connectivity index (χ3v) is 5.07. The summed E-state index contributed by atoms with van der Waals surface area (Å²) in [5, 5.41) is 11.5. The van der Waals surface area contributed by atoms with Crippen molar-refractivity contribution >= 4 is 34.8 Å². The Kier molecular flexibility index (Phi) is 4.16. The Balaban J connectivity index is 2.19. The second-order valence-electron chi connectivity index (χ2n) is 5.15. The molecule has 1 fully saturated rings. The second-order valence-corrected chi connectivity index (χ2v) is 6.41. The number of carbonyl (C=O) groups is 2. The van der Waals surface area contributed by atoms with Gasteiger partial charge in [-0.1, -0.05) is 18.5 Å². The van der Waals surface area contributed by atoms with Crippen LogP contribution in [-0.4, -0.2) is 35.0 Å². The summed E-state index contributed by atoms with van der Waals surface area (Å²) in [6, 6.07) is 0. The van der Waals surface area contributed by atoms with Crippen LogP contribution in [0.2, 0.25) is 5.02 Å². The number of rotatable bonds is 2. The van der Waals surface area contributed by atoms with Crippen molar-refractivity contribution in [1.29, 1.82) is 0 Å². The van der Waals surface area contributed by atoms with E-state index in [0.29, 0.717) is 22.9 Å². The maximum atomic E-state index is 12.4. The minimum atomic E-state index is -0.835. The van der Waals surface area contributed by atoms with Crippen LogP contribution in [0.25, 0.3) is 0 Å². The molecule has 2 unspecified atom stereocenters. The molecule has 0 aromatic carbocycles. The van der Waals surface area contributed by atoms with Gasteiger partial charge in [-0.05, 0) is 30.2 Å². The molecule has 4 nitrogen and oxygen atoms in total. The summed E-state index contributed by atoms with van der Waals surface area (Å²) in [5.74, 6) is -1.27. The van der Waals surface area contributed by atoms with Gasteiger partial charge >= 0.3 is 5.97 Å². The fourth-order valence-corrected chi connectivity index (χ4v) is 3.65. The number of halogens is 1. The SMILES string of the molecule is Cc1csc(C(=O)N2CC(C)CC(C(=O)O)C2)c1Cl. The summed E-state index contributed by atoms with van der Waals surface area (Å²) < 4.78 is 0. The molecule has 2 heterocycles. The molecule has 1 aliphatic heterocycles. The van der Waals surface area contributed by atoms with Gasteiger partial charge in [0.25, 0.3) is 5.91 Å². The van der Waals surface area contributed by atoms with E-state index in [9.17, 15) is 9.59 Å². The van der Waals surface area contributed by atoms with Crippen molar-refractivity contribution in [3.8, 4) is 0 Å². The number of thiophene rings is 1. The van der Waals surface area contributed by atoms with E-state index in [1.807, 2.05) is 19.2 Å². The van der Waals surface area contributed by atoms with E-state index >= 15 is 0 Å². The molecule has 0 aliphatic carbocycles. The first kappa shape index (κ1) is 14.3. The van der Waals surface area contributed by atoms with Gasteiger partial charge in [0.2, 0.25) is 0 Å². The highest BCUT2D eigenvalue weighted by Crippen LogP contribution is 2.30. The number of piperidine rings is 1. The van der Waals surface area contributed by atoms with Gasteiger partial charge in [0, 0.05) is 13.1 Å². The third kappa shape index (κ3) is 2.92. The first-order valence-corrected chi connectivity index (χ1v) is 7.41. The van der Waals surface area contributed by atoms with E-state index in [1.54, 1.807) is 4.90 Å². The first-order valence-electron chi connectivity index (χ1n) is 6.15. The van der Waals surface area contributed by atoms with Crippen molar-refractivity contribution in [3.05, 3.63) is 20.8 Å². The fourth-order valence-electron chi connectivity index (χ4n) is 2.41. The molecule has 2 atom stereocenters. The summed E-state index contributed by atoms with van der Waals surface area (Å²) in [6.07, 6.45) is 0.621. The fraction of sp³-hybridized carbons (Fsp3) is 0.538. The van der Waals surface area contributed by atoms with Crippen molar-refractivity contribution in [3.63, 3.8) is 0 Å². The minimum absolute atomic E-state index is 0.152. The van der Waals surface area contributed by atoms with Crippen LogP contribution in [0.5, 0.6) is 0 Å². The predicted molar refractivity (Wildman–Crippen MR) is 74.9 cm³/mol. The van der Waals surface area contributed by atoms with E-state index in [-0.39, 0.29) is 18.4 Å². The minimum Gasteiger partial charge on any atom is -0.481 e. The van der Waals surface area contributed by atoms with Crippen LogP contribution in [0.3, 0.4) is 0 Å². The Morgan fingerprint density at radius 1 is 1.47 bits per heavy atom. The van der Waals surface area contributed by atoms with Crippen LogP contribution in [0.1, 0.15) is 28.6 Å². The second kappa shape index (κ2) is 5.51. The van der Waals surface area contributed by atoms with Gasteiger partial charge in [0.15, 0.2) is 0 Å². The molecule has 2 rings (SSSR count). The van der Waals surface area contributed by atoms with E-state index in [0.717, 1.165) is 5.56 Å². The number of aryl methyl sites for hydroxylation is 1. The first-order chi connectivity index (χ1) is 8.90. The number of carboxylic acids is 1.